The standard InChI is InChI=1S/C23H30F2N2O3.ClH/c1-16-12-18(13-17(2)22(16)30-23(24)25)14-26-15-21(27-8-10-29-11-9-27)19-4-6-20(28-3)7-5-19;/h4-7,12-13,21,23,26H,8-11,14-15H2,1-3H3;1H. The molecule has 0 spiro atoms. The average molecular weight is 457 g/mol. The van der Waals surface area contributed by atoms with Crippen molar-refractivity contribution in [1.29, 1.82) is 0 Å². The summed E-state index contributed by atoms with van der Waals surface area (Å²) in [5.74, 6) is 1.10. The van der Waals surface area contributed by atoms with E-state index in [0.29, 0.717) is 17.7 Å². The zero-order chi connectivity index (χ0) is 21.5. The van der Waals surface area contributed by atoms with Gasteiger partial charge in [0.1, 0.15) is 11.5 Å². The Morgan fingerprint density at radius 2 is 1.68 bits per heavy atom. The number of nitrogens with zero attached hydrogens (tertiary/aromatic N) is 1. The van der Waals surface area contributed by atoms with Gasteiger partial charge in [0.15, 0.2) is 0 Å². The molecule has 1 aliphatic rings. The molecule has 0 amide bonds. The molecule has 0 aliphatic carbocycles. The molecule has 1 fully saturated rings. The monoisotopic (exact) mass is 456 g/mol. The van der Waals surface area contributed by atoms with Gasteiger partial charge in [0.25, 0.3) is 0 Å². The summed E-state index contributed by atoms with van der Waals surface area (Å²) in [6.07, 6.45) is 0. The van der Waals surface area contributed by atoms with Crippen LogP contribution < -0.4 is 14.8 Å². The fraction of sp³-hybridized carbons (Fsp3) is 0.478. The number of halogens is 3. The van der Waals surface area contributed by atoms with Crippen LogP contribution in [0.5, 0.6) is 11.5 Å². The Morgan fingerprint density at radius 1 is 1.06 bits per heavy atom. The van der Waals surface area contributed by atoms with Gasteiger partial charge >= 0.3 is 6.61 Å². The van der Waals surface area contributed by atoms with Crippen LogP contribution in [0.1, 0.15) is 28.3 Å². The second kappa shape index (κ2) is 12.2. The van der Waals surface area contributed by atoms with Crippen molar-refractivity contribution in [2.24, 2.45) is 0 Å². The summed E-state index contributed by atoms with van der Waals surface area (Å²) in [5.41, 5.74) is 3.69. The van der Waals surface area contributed by atoms with Crippen LogP contribution in [0.2, 0.25) is 0 Å². The summed E-state index contributed by atoms with van der Waals surface area (Å²) in [5, 5.41) is 3.54. The highest BCUT2D eigenvalue weighted by atomic mass is 35.5. The maximum atomic E-state index is 12.6. The number of rotatable bonds is 9. The minimum Gasteiger partial charge on any atom is -0.497 e. The van der Waals surface area contributed by atoms with Crippen LogP contribution in [0.4, 0.5) is 8.78 Å². The zero-order valence-corrected chi connectivity index (χ0v) is 19.0. The fourth-order valence-electron chi connectivity index (χ4n) is 3.94. The lowest BCUT2D eigenvalue weighted by atomic mass is 10.0. The number of morpholine rings is 1. The third-order valence-electron chi connectivity index (χ3n) is 5.38. The molecule has 1 heterocycles. The van der Waals surface area contributed by atoms with Crippen LogP contribution in [-0.2, 0) is 11.3 Å². The minimum absolute atomic E-state index is 0. The lowest BCUT2D eigenvalue weighted by Gasteiger charge is -2.35. The molecule has 1 N–H and O–H groups in total. The van der Waals surface area contributed by atoms with Crippen LogP contribution in [-0.4, -0.2) is 51.5 Å². The lowest BCUT2D eigenvalue weighted by Crippen LogP contribution is -2.42. The molecule has 0 radical (unpaired) electrons. The molecule has 0 aromatic heterocycles. The predicted molar refractivity (Wildman–Crippen MR) is 120 cm³/mol. The summed E-state index contributed by atoms with van der Waals surface area (Å²) in [6, 6.07) is 12.2. The molecular weight excluding hydrogens is 426 g/mol. The Kier molecular flexibility index (Phi) is 9.96. The molecule has 31 heavy (non-hydrogen) atoms. The molecule has 3 rings (SSSR count). The van der Waals surface area contributed by atoms with E-state index in [1.54, 1.807) is 21.0 Å². The largest absolute Gasteiger partial charge is 0.497 e. The first kappa shape index (κ1) is 25.3. The molecule has 5 nitrogen and oxygen atoms in total. The third kappa shape index (κ3) is 7.04. The molecule has 0 saturated carbocycles. The van der Waals surface area contributed by atoms with Crippen LogP contribution in [0, 0.1) is 13.8 Å². The molecule has 1 unspecified atom stereocenters. The second-order valence-corrected chi connectivity index (χ2v) is 7.51. The number of hydrogen-bond acceptors (Lipinski definition) is 5. The van der Waals surface area contributed by atoms with Gasteiger partial charge in [-0.2, -0.15) is 8.78 Å². The first-order chi connectivity index (χ1) is 14.5. The highest BCUT2D eigenvalue weighted by Crippen LogP contribution is 2.27. The van der Waals surface area contributed by atoms with Crippen LogP contribution >= 0.6 is 12.4 Å². The normalized spacial score (nSPS) is 15.4. The van der Waals surface area contributed by atoms with E-state index in [9.17, 15) is 8.78 Å². The van der Waals surface area contributed by atoms with Gasteiger partial charge in [-0.15, -0.1) is 12.4 Å². The van der Waals surface area contributed by atoms with Gasteiger partial charge in [0.05, 0.1) is 20.3 Å². The molecule has 1 atom stereocenters. The molecule has 172 valence electrons. The Bertz CT molecular complexity index is 792. The Hall–Kier alpha value is -1.93. The van der Waals surface area contributed by atoms with Crippen LogP contribution in [0.15, 0.2) is 36.4 Å². The second-order valence-electron chi connectivity index (χ2n) is 7.51. The van der Waals surface area contributed by atoms with E-state index in [2.05, 4.69) is 27.1 Å². The maximum Gasteiger partial charge on any atom is 0.387 e. The van der Waals surface area contributed by atoms with Gasteiger partial charge in [-0.1, -0.05) is 24.3 Å². The van der Waals surface area contributed by atoms with E-state index in [4.69, 9.17) is 9.47 Å². The molecule has 2 aromatic carbocycles. The van der Waals surface area contributed by atoms with Gasteiger partial charge in [-0.25, -0.2) is 0 Å². The van der Waals surface area contributed by atoms with Gasteiger partial charge in [-0.3, -0.25) is 4.90 Å². The quantitative estimate of drug-likeness (QED) is 0.602. The van der Waals surface area contributed by atoms with Gasteiger partial charge in [0, 0.05) is 32.2 Å². The van der Waals surface area contributed by atoms with Crippen molar-refractivity contribution in [2.45, 2.75) is 33.0 Å². The van der Waals surface area contributed by atoms with Crippen molar-refractivity contribution in [3.05, 3.63) is 58.7 Å². The number of ether oxygens (including phenoxy) is 3. The minimum atomic E-state index is -2.81. The molecule has 0 bridgehead atoms. The highest BCUT2D eigenvalue weighted by molar-refractivity contribution is 5.85. The average Bonchev–Trinajstić information content (AvgIpc) is 2.74. The summed E-state index contributed by atoms with van der Waals surface area (Å²) in [7, 11) is 1.66. The van der Waals surface area contributed by atoms with Crippen LogP contribution in [0.3, 0.4) is 0 Å². The third-order valence-corrected chi connectivity index (χ3v) is 5.38. The number of nitrogens with one attached hydrogen (secondary N) is 1. The Balaban J connectivity index is 0.00000341. The topological polar surface area (TPSA) is 43.0 Å². The van der Waals surface area contributed by atoms with Gasteiger partial charge in [0.2, 0.25) is 0 Å². The van der Waals surface area contributed by atoms with Gasteiger partial charge in [-0.05, 0) is 48.2 Å². The van der Waals surface area contributed by atoms with Crippen molar-refractivity contribution in [2.75, 3.05) is 40.0 Å². The summed E-state index contributed by atoms with van der Waals surface area (Å²) < 4.78 is 40.6. The van der Waals surface area contributed by atoms with Crippen molar-refractivity contribution in [3.63, 3.8) is 0 Å². The Labute approximate surface area is 189 Å². The van der Waals surface area contributed by atoms with Gasteiger partial charge < -0.3 is 19.5 Å². The van der Waals surface area contributed by atoms with E-state index < -0.39 is 6.61 Å². The smallest absolute Gasteiger partial charge is 0.387 e. The molecule has 1 saturated heterocycles. The molecule has 1 aliphatic heterocycles. The molecular formula is C23H31ClF2N2O3. The summed E-state index contributed by atoms with van der Waals surface area (Å²) >= 11 is 0. The first-order valence-corrected chi connectivity index (χ1v) is 10.2. The van der Waals surface area contributed by atoms with E-state index in [1.807, 2.05) is 24.3 Å². The van der Waals surface area contributed by atoms with Crippen molar-refractivity contribution >= 4 is 12.4 Å². The van der Waals surface area contributed by atoms with Crippen molar-refractivity contribution < 1.29 is 23.0 Å². The highest BCUT2D eigenvalue weighted by Gasteiger charge is 2.22. The predicted octanol–water partition coefficient (Wildman–Crippen LogP) is 4.50. The summed E-state index contributed by atoms with van der Waals surface area (Å²) in [6.45, 7) is 5.42. The van der Waals surface area contributed by atoms with E-state index >= 15 is 0 Å². The first-order valence-electron chi connectivity index (χ1n) is 10.2. The number of benzene rings is 2. The maximum absolute atomic E-state index is 12.6. The molecule has 2 aromatic rings. The Morgan fingerprint density at radius 3 is 2.23 bits per heavy atom. The van der Waals surface area contributed by atoms with Crippen molar-refractivity contribution in [3.8, 4) is 11.5 Å². The van der Waals surface area contributed by atoms with E-state index in [0.717, 1.165) is 44.2 Å². The van der Waals surface area contributed by atoms with Crippen molar-refractivity contribution in [1.82, 2.24) is 10.2 Å². The summed E-state index contributed by atoms with van der Waals surface area (Å²) in [4.78, 5) is 2.42. The number of aryl methyl sites for hydroxylation is 2. The van der Waals surface area contributed by atoms with E-state index in [1.165, 1.54) is 5.56 Å². The fourth-order valence-corrected chi connectivity index (χ4v) is 3.94. The number of methoxy groups -OCH3 is 1. The molecule has 8 heteroatoms. The lowest BCUT2D eigenvalue weighted by molar-refractivity contribution is -0.0507. The SMILES string of the molecule is COc1ccc(C(CNCc2cc(C)c(OC(F)F)c(C)c2)N2CCOCC2)cc1.Cl. The number of hydrogen-bond donors (Lipinski definition) is 1. The van der Waals surface area contributed by atoms with Crippen LogP contribution in [0.25, 0.3) is 0 Å². The van der Waals surface area contributed by atoms with E-state index in [-0.39, 0.29) is 24.2 Å². The zero-order valence-electron chi connectivity index (χ0n) is 18.2. The number of alkyl halides is 2.